The monoisotopic (exact) mass is 299 g/mol. The Morgan fingerprint density at radius 2 is 1.86 bits per heavy atom. The van der Waals surface area contributed by atoms with Crippen molar-refractivity contribution in [1.82, 2.24) is 4.90 Å². The van der Waals surface area contributed by atoms with Gasteiger partial charge in [-0.1, -0.05) is 0 Å². The third-order valence-electron chi connectivity index (χ3n) is 3.30. The quantitative estimate of drug-likeness (QED) is 0.867. The van der Waals surface area contributed by atoms with Crippen molar-refractivity contribution in [3.63, 3.8) is 0 Å². The fraction of sp³-hybridized carbons (Fsp3) is 0.533. The first kappa shape index (κ1) is 15.7. The molecule has 0 radical (unpaired) electrons. The van der Waals surface area contributed by atoms with Gasteiger partial charge in [-0.2, -0.15) is 0 Å². The summed E-state index contributed by atoms with van der Waals surface area (Å²) in [6.45, 7) is 5.46. The molecular formula is C15H19F2NO3. The first-order valence-corrected chi connectivity index (χ1v) is 6.81. The van der Waals surface area contributed by atoms with Crippen molar-refractivity contribution in [2.24, 2.45) is 0 Å². The molecule has 0 aliphatic carbocycles. The molecule has 1 heterocycles. The fourth-order valence-electron chi connectivity index (χ4n) is 2.42. The van der Waals surface area contributed by atoms with Crippen molar-refractivity contribution in [1.29, 1.82) is 0 Å². The van der Waals surface area contributed by atoms with Crippen molar-refractivity contribution < 1.29 is 23.4 Å². The molecule has 1 aliphatic heterocycles. The van der Waals surface area contributed by atoms with E-state index in [1.165, 1.54) is 17.0 Å². The number of ether oxygens (including phenoxy) is 1. The summed E-state index contributed by atoms with van der Waals surface area (Å²) in [5.74, 6) is -1.93. The van der Waals surface area contributed by atoms with Crippen LogP contribution in [0.25, 0.3) is 0 Å². The van der Waals surface area contributed by atoms with Gasteiger partial charge in [0.25, 0.3) is 0 Å². The van der Waals surface area contributed by atoms with Gasteiger partial charge in [0.05, 0.1) is 0 Å². The van der Waals surface area contributed by atoms with Crippen LogP contribution in [0.3, 0.4) is 0 Å². The molecule has 1 saturated heterocycles. The number of hydrogen-bond acceptors (Lipinski definition) is 3. The van der Waals surface area contributed by atoms with Gasteiger partial charge in [-0.25, -0.2) is 13.6 Å². The maximum Gasteiger partial charge on any atom is 0.412 e. The molecule has 0 aromatic heterocycles. The first-order chi connectivity index (χ1) is 9.67. The molecule has 1 amide bonds. The van der Waals surface area contributed by atoms with E-state index in [-0.39, 0.29) is 6.54 Å². The van der Waals surface area contributed by atoms with E-state index in [4.69, 9.17) is 4.74 Å². The summed E-state index contributed by atoms with van der Waals surface area (Å²) < 4.78 is 31.7. The number of benzene rings is 1. The zero-order valence-electron chi connectivity index (χ0n) is 12.3. The number of likely N-dealkylation sites (tertiary alicyclic amines) is 1. The lowest BCUT2D eigenvalue weighted by molar-refractivity contribution is -0.0172. The van der Waals surface area contributed by atoms with Crippen LogP contribution in [0.2, 0.25) is 0 Å². The molecule has 2 atom stereocenters. The summed E-state index contributed by atoms with van der Waals surface area (Å²) in [5.41, 5.74) is -0.328. The van der Waals surface area contributed by atoms with Gasteiger partial charge in [0.1, 0.15) is 23.5 Å². The van der Waals surface area contributed by atoms with Crippen LogP contribution in [-0.4, -0.2) is 34.5 Å². The smallest absolute Gasteiger partial charge is 0.412 e. The van der Waals surface area contributed by atoms with E-state index in [2.05, 4.69) is 0 Å². The maximum absolute atomic E-state index is 13.3. The second-order valence-corrected chi connectivity index (χ2v) is 6.19. The zero-order valence-corrected chi connectivity index (χ0v) is 12.3. The van der Waals surface area contributed by atoms with Gasteiger partial charge in [0.15, 0.2) is 0 Å². The predicted octanol–water partition coefficient (Wildman–Crippen LogP) is 3.01. The number of carbonyl (C=O) groups excluding carboxylic acids is 1. The zero-order chi connectivity index (χ0) is 15.8. The molecule has 6 heteroatoms. The lowest BCUT2D eigenvalue weighted by atomic mass is 9.97. The Morgan fingerprint density at radius 3 is 2.38 bits per heavy atom. The fourth-order valence-corrected chi connectivity index (χ4v) is 2.42. The topological polar surface area (TPSA) is 49.8 Å². The van der Waals surface area contributed by atoms with Gasteiger partial charge in [-0.05, 0) is 44.9 Å². The van der Waals surface area contributed by atoms with Gasteiger partial charge < -0.3 is 9.84 Å². The van der Waals surface area contributed by atoms with E-state index in [1.54, 1.807) is 20.8 Å². The van der Waals surface area contributed by atoms with E-state index in [9.17, 15) is 18.7 Å². The van der Waals surface area contributed by atoms with E-state index in [0.29, 0.717) is 12.0 Å². The van der Waals surface area contributed by atoms with Crippen LogP contribution in [0, 0.1) is 11.6 Å². The highest BCUT2D eigenvalue weighted by molar-refractivity contribution is 5.69. The van der Waals surface area contributed by atoms with E-state index >= 15 is 0 Å². The van der Waals surface area contributed by atoms with Crippen LogP contribution >= 0.6 is 0 Å². The number of amides is 1. The summed E-state index contributed by atoms with van der Waals surface area (Å²) in [6, 6.07) is 3.13. The summed E-state index contributed by atoms with van der Waals surface area (Å²) in [4.78, 5) is 13.2. The van der Waals surface area contributed by atoms with Crippen molar-refractivity contribution >= 4 is 6.09 Å². The van der Waals surface area contributed by atoms with Crippen LogP contribution in [0.4, 0.5) is 13.6 Å². The summed E-state index contributed by atoms with van der Waals surface area (Å²) in [6.07, 6.45) is -1.36. The Labute approximate surface area is 122 Å². The van der Waals surface area contributed by atoms with E-state index in [0.717, 1.165) is 6.07 Å². The third kappa shape index (κ3) is 3.69. The second-order valence-electron chi connectivity index (χ2n) is 6.19. The molecule has 116 valence electrons. The first-order valence-electron chi connectivity index (χ1n) is 6.81. The number of hydrogen-bond donors (Lipinski definition) is 1. The standard InChI is InChI=1S/C15H19F2NO3/c1-15(2,3)21-14(20)18-5-4-12(13(18)19)9-6-10(16)8-11(17)7-9/h6-8,12-13,19H,4-5H2,1-3H3/t12?,13-/m0/s1. The molecule has 1 aliphatic rings. The average molecular weight is 299 g/mol. The molecule has 1 aromatic carbocycles. The highest BCUT2D eigenvalue weighted by Gasteiger charge is 2.38. The number of rotatable bonds is 1. The largest absolute Gasteiger partial charge is 0.444 e. The molecule has 1 aromatic rings. The van der Waals surface area contributed by atoms with Gasteiger partial charge in [-0.3, -0.25) is 4.90 Å². The predicted molar refractivity (Wildman–Crippen MR) is 72.7 cm³/mol. The van der Waals surface area contributed by atoms with Crippen LogP contribution in [0.5, 0.6) is 0 Å². The normalized spacial score (nSPS) is 22.5. The van der Waals surface area contributed by atoms with Crippen molar-refractivity contribution in [3.05, 3.63) is 35.4 Å². The van der Waals surface area contributed by atoms with Crippen molar-refractivity contribution in [2.75, 3.05) is 6.54 Å². The Morgan fingerprint density at radius 1 is 1.29 bits per heavy atom. The van der Waals surface area contributed by atoms with Crippen LogP contribution in [0.1, 0.15) is 38.7 Å². The molecule has 0 saturated carbocycles. The van der Waals surface area contributed by atoms with Crippen LogP contribution < -0.4 is 0 Å². The number of aliphatic hydroxyl groups is 1. The number of carbonyl (C=O) groups is 1. The van der Waals surface area contributed by atoms with Crippen molar-refractivity contribution in [2.45, 2.75) is 44.9 Å². The third-order valence-corrected chi connectivity index (χ3v) is 3.30. The van der Waals surface area contributed by atoms with Gasteiger partial charge in [0.2, 0.25) is 0 Å². The van der Waals surface area contributed by atoms with Crippen molar-refractivity contribution in [3.8, 4) is 0 Å². The maximum atomic E-state index is 13.3. The molecular weight excluding hydrogens is 280 g/mol. The summed E-state index contributed by atoms with van der Waals surface area (Å²) in [5, 5.41) is 10.2. The molecule has 0 bridgehead atoms. The lowest BCUT2D eigenvalue weighted by Crippen LogP contribution is -2.41. The van der Waals surface area contributed by atoms with Gasteiger partial charge >= 0.3 is 6.09 Å². The summed E-state index contributed by atoms with van der Waals surface area (Å²) in [7, 11) is 0. The minimum Gasteiger partial charge on any atom is -0.444 e. The number of halogens is 2. The van der Waals surface area contributed by atoms with Crippen LogP contribution in [0.15, 0.2) is 18.2 Å². The van der Waals surface area contributed by atoms with Crippen LogP contribution in [-0.2, 0) is 4.74 Å². The van der Waals surface area contributed by atoms with E-state index in [1.807, 2.05) is 0 Å². The van der Waals surface area contributed by atoms with Gasteiger partial charge in [0, 0.05) is 18.5 Å². The molecule has 2 rings (SSSR count). The number of nitrogens with zero attached hydrogens (tertiary/aromatic N) is 1. The summed E-state index contributed by atoms with van der Waals surface area (Å²) >= 11 is 0. The Bertz CT molecular complexity index is 522. The lowest BCUT2D eigenvalue weighted by Gasteiger charge is -2.27. The number of aliphatic hydroxyl groups excluding tert-OH is 1. The Hall–Kier alpha value is -1.69. The molecule has 21 heavy (non-hydrogen) atoms. The average Bonchev–Trinajstić information content (AvgIpc) is 2.67. The molecule has 1 fully saturated rings. The minimum atomic E-state index is -1.15. The molecule has 1 unspecified atom stereocenters. The Kier molecular flexibility index (Phi) is 4.18. The highest BCUT2D eigenvalue weighted by Crippen LogP contribution is 2.33. The van der Waals surface area contributed by atoms with Gasteiger partial charge in [-0.15, -0.1) is 0 Å². The second kappa shape index (κ2) is 5.60. The molecule has 0 spiro atoms. The van der Waals surface area contributed by atoms with E-state index < -0.39 is 35.5 Å². The molecule has 1 N–H and O–H groups in total. The minimum absolute atomic E-state index is 0.277. The molecule has 4 nitrogen and oxygen atoms in total. The SMILES string of the molecule is CC(C)(C)OC(=O)N1CCC(c2cc(F)cc(F)c2)[C@@H]1O. The Balaban J connectivity index is 2.14. The highest BCUT2D eigenvalue weighted by atomic mass is 19.1.